The Labute approximate surface area is 151 Å². The minimum Gasteiger partial charge on any atom is -0.393 e. The van der Waals surface area contributed by atoms with Crippen molar-refractivity contribution in [3.63, 3.8) is 0 Å². The zero-order valence-electron chi connectivity index (χ0n) is 15.9. The van der Waals surface area contributed by atoms with Crippen molar-refractivity contribution in [3.8, 4) is 0 Å². The molecule has 0 amide bonds. The van der Waals surface area contributed by atoms with Gasteiger partial charge in [0.1, 0.15) is 5.60 Å². The van der Waals surface area contributed by atoms with Crippen molar-refractivity contribution >= 4 is 0 Å². The van der Waals surface area contributed by atoms with Crippen LogP contribution in [0.25, 0.3) is 0 Å². The fourth-order valence-electron chi connectivity index (χ4n) is 5.71. The van der Waals surface area contributed by atoms with Gasteiger partial charge in [0.05, 0.1) is 6.10 Å². The van der Waals surface area contributed by atoms with E-state index >= 15 is 4.39 Å². The van der Waals surface area contributed by atoms with Crippen LogP contribution in [0.5, 0.6) is 0 Å². The summed E-state index contributed by atoms with van der Waals surface area (Å²) in [5.41, 5.74) is -1.87. The van der Waals surface area contributed by atoms with Crippen LogP contribution in [0, 0.1) is 17.3 Å². The smallest absolute Gasteiger partial charge is 0.158 e. The van der Waals surface area contributed by atoms with E-state index in [1.807, 2.05) is 14.1 Å². The number of nitrogens with one attached hydrogen (secondary N) is 1. The SMILES string of the molecule is CC12C=CCC1[C@@]1(O)CCC3CCC(O)CC3=CC1(F)CC2.CNC. The van der Waals surface area contributed by atoms with Gasteiger partial charge in [0.25, 0.3) is 0 Å². The minimum atomic E-state index is -1.62. The molecule has 0 bridgehead atoms. The van der Waals surface area contributed by atoms with Crippen LogP contribution in [0.2, 0.25) is 0 Å². The van der Waals surface area contributed by atoms with Crippen LogP contribution in [-0.2, 0) is 0 Å². The molecule has 2 fully saturated rings. The second kappa shape index (κ2) is 6.79. The van der Waals surface area contributed by atoms with Gasteiger partial charge in [0, 0.05) is 5.92 Å². The molecule has 142 valence electrons. The lowest BCUT2D eigenvalue weighted by atomic mass is 9.55. The van der Waals surface area contributed by atoms with Gasteiger partial charge >= 0.3 is 0 Å². The van der Waals surface area contributed by atoms with Crippen LogP contribution in [0.15, 0.2) is 23.8 Å². The zero-order chi connectivity index (χ0) is 18.3. The number of aliphatic hydroxyl groups is 2. The van der Waals surface area contributed by atoms with Crippen LogP contribution in [0.3, 0.4) is 0 Å². The van der Waals surface area contributed by atoms with E-state index in [2.05, 4.69) is 24.4 Å². The second-order valence-electron chi connectivity index (χ2n) is 8.87. The van der Waals surface area contributed by atoms with Crippen molar-refractivity contribution in [2.75, 3.05) is 14.1 Å². The number of halogens is 1. The van der Waals surface area contributed by atoms with E-state index in [0.29, 0.717) is 25.2 Å². The molecule has 0 aromatic carbocycles. The summed E-state index contributed by atoms with van der Waals surface area (Å²) in [5.74, 6) is 0.340. The molecule has 2 saturated carbocycles. The van der Waals surface area contributed by atoms with E-state index < -0.39 is 11.3 Å². The monoisotopic (exact) mass is 351 g/mol. The van der Waals surface area contributed by atoms with Crippen molar-refractivity contribution in [1.29, 1.82) is 0 Å². The highest BCUT2D eigenvalue weighted by Crippen LogP contribution is 2.61. The number of allylic oxidation sites excluding steroid dienone is 2. The van der Waals surface area contributed by atoms with Gasteiger partial charge in [-0.3, -0.25) is 0 Å². The summed E-state index contributed by atoms with van der Waals surface area (Å²) < 4.78 is 15.9. The predicted molar refractivity (Wildman–Crippen MR) is 99.0 cm³/mol. The molecule has 25 heavy (non-hydrogen) atoms. The van der Waals surface area contributed by atoms with E-state index in [-0.39, 0.29) is 17.4 Å². The molecule has 4 aliphatic rings. The molecular formula is C21H34FNO2. The van der Waals surface area contributed by atoms with Crippen LogP contribution >= 0.6 is 0 Å². The lowest BCUT2D eigenvalue weighted by Gasteiger charge is -2.54. The number of hydrogen-bond acceptors (Lipinski definition) is 3. The first kappa shape index (κ1) is 19.1. The highest BCUT2D eigenvalue weighted by Gasteiger charge is 2.63. The summed E-state index contributed by atoms with van der Waals surface area (Å²) in [4.78, 5) is 0. The molecule has 0 aromatic rings. The molecule has 0 spiro atoms. The van der Waals surface area contributed by atoms with Crippen molar-refractivity contribution in [3.05, 3.63) is 23.8 Å². The van der Waals surface area contributed by atoms with Gasteiger partial charge in [0.2, 0.25) is 0 Å². The van der Waals surface area contributed by atoms with E-state index in [9.17, 15) is 10.2 Å². The number of rotatable bonds is 0. The molecule has 3 N–H and O–H groups in total. The fraction of sp³-hybridized carbons (Fsp3) is 0.810. The lowest BCUT2D eigenvalue weighted by Crippen LogP contribution is -2.61. The molecule has 6 atom stereocenters. The van der Waals surface area contributed by atoms with Crippen molar-refractivity contribution in [2.24, 2.45) is 17.3 Å². The van der Waals surface area contributed by atoms with Gasteiger partial charge in [-0.1, -0.05) is 24.6 Å². The Kier molecular flexibility index (Phi) is 5.18. The van der Waals surface area contributed by atoms with Gasteiger partial charge in [-0.05, 0) is 82.9 Å². The highest BCUT2D eigenvalue weighted by atomic mass is 19.1. The predicted octanol–water partition coefficient (Wildman–Crippen LogP) is 3.52. The Balaban J connectivity index is 0.000000569. The topological polar surface area (TPSA) is 52.5 Å². The molecule has 0 saturated heterocycles. The van der Waals surface area contributed by atoms with Gasteiger partial charge in [-0.15, -0.1) is 0 Å². The number of aliphatic hydroxyl groups excluding tert-OH is 1. The zero-order valence-corrected chi connectivity index (χ0v) is 15.9. The molecular weight excluding hydrogens is 317 g/mol. The molecule has 4 aliphatic carbocycles. The van der Waals surface area contributed by atoms with Gasteiger partial charge < -0.3 is 15.5 Å². The maximum Gasteiger partial charge on any atom is 0.158 e. The molecule has 4 rings (SSSR count). The van der Waals surface area contributed by atoms with Gasteiger partial charge in [0.15, 0.2) is 5.67 Å². The maximum absolute atomic E-state index is 15.9. The van der Waals surface area contributed by atoms with Crippen molar-refractivity contribution in [1.82, 2.24) is 5.32 Å². The van der Waals surface area contributed by atoms with Crippen LogP contribution in [0.1, 0.15) is 58.3 Å². The second-order valence-corrected chi connectivity index (χ2v) is 8.87. The third kappa shape index (κ3) is 3.11. The quantitative estimate of drug-likeness (QED) is 0.585. The largest absolute Gasteiger partial charge is 0.393 e. The van der Waals surface area contributed by atoms with E-state index in [1.165, 1.54) is 0 Å². The highest BCUT2D eigenvalue weighted by molar-refractivity contribution is 5.31. The third-order valence-electron chi connectivity index (χ3n) is 7.12. The van der Waals surface area contributed by atoms with E-state index in [0.717, 1.165) is 37.7 Å². The fourth-order valence-corrected chi connectivity index (χ4v) is 5.71. The molecule has 0 aliphatic heterocycles. The number of alkyl halides is 1. The summed E-state index contributed by atoms with van der Waals surface area (Å²) in [6.07, 6.45) is 11.4. The number of fused-ring (bicyclic) bond motifs is 4. The normalized spacial score (nSPS) is 48.2. The van der Waals surface area contributed by atoms with Crippen molar-refractivity contribution < 1.29 is 14.6 Å². The molecule has 0 aromatic heterocycles. The maximum atomic E-state index is 15.9. The van der Waals surface area contributed by atoms with Gasteiger partial charge in [-0.2, -0.15) is 0 Å². The minimum absolute atomic E-state index is 0.0133. The molecule has 5 unspecified atom stereocenters. The first-order valence-corrected chi connectivity index (χ1v) is 9.85. The lowest BCUT2D eigenvalue weighted by molar-refractivity contribution is -0.174. The van der Waals surface area contributed by atoms with Crippen LogP contribution < -0.4 is 5.32 Å². The standard InChI is InChI=1S/C19H27FO2.C2H7N/c1-17-7-2-3-16(17)19(22)8-6-13-4-5-15(21)11-14(13)12-18(19,20)10-9-17;1-3-2/h2,7,12-13,15-16,21-22H,3-6,8-11H2,1H3;3H,1-2H3/t13?,15?,16?,17?,18?,19-;/m0./s1. The molecule has 0 radical (unpaired) electrons. The van der Waals surface area contributed by atoms with E-state index in [1.54, 1.807) is 6.08 Å². The van der Waals surface area contributed by atoms with Gasteiger partial charge in [-0.25, -0.2) is 4.39 Å². The Morgan fingerprint density at radius 3 is 2.60 bits per heavy atom. The Morgan fingerprint density at radius 1 is 1.16 bits per heavy atom. The summed E-state index contributed by atoms with van der Waals surface area (Å²) >= 11 is 0. The van der Waals surface area contributed by atoms with E-state index in [4.69, 9.17) is 0 Å². The third-order valence-corrected chi connectivity index (χ3v) is 7.12. The summed E-state index contributed by atoms with van der Waals surface area (Å²) in [6, 6.07) is 0. The van der Waals surface area contributed by atoms with Crippen LogP contribution in [-0.4, -0.2) is 41.7 Å². The molecule has 0 heterocycles. The molecule has 4 heteroatoms. The Hall–Kier alpha value is -0.710. The molecule has 3 nitrogen and oxygen atoms in total. The average molecular weight is 352 g/mol. The van der Waals surface area contributed by atoms with Crippen LogP contribution in [0.4, 0.5) is 4.39 Å². The first-order chi connectivity index (χ1) is 11.8. The Bertz CT molecular complexity index is 562. The summed E-state index contributed by atoms with van der Waals surface area (Å²) in [5, 5.41) is 24.1. The summed E-state index contributed by atoms with van der Waals surface area (Å²) in [7, 11) is 3.75. The first-order valence-electron chi connectivity index (χ1n) is 9.85. The summed E-state index contributed by atoms with van der Waals surface area (Å²) in [6.45, 7) is 2.17. The number of hydrogen-bond donors (Lipinski definition) is 3. The average Bonchev–Trinajstić information content (AvgIpc) is 2.90. The van der Waals surface area contributed by atoms with Crippen molar-refractivity contribution in [2.45, 2.75) is 75.7 Å². The Morgan fingerprint density at radius 2 is 1.88 bits per heavy atom.